The Hall–Kier alpha value is -3.33. The summed E-state index contributed by atoms with van der Waals surface area (Å²) in [5.41, 5.74) is 0. The first-order valence-electron chi connectivity index (χ1n) is 34.7. The molecular weight excluding hydrogens is 1060 g/mol. The molecule has 84 heavy (non-hydrogen) atoms. The molecule has 3 unspecified atom stereocenters. The van der Waals surface area contributed by atoms with Crippen molar-refractivity contribution in [2.45, 2.75) is 309 Å². The molecule has 0 aliphatic carbocycles. The number of allylic oxidation sites excluding steroid dienone is 17. The third-order valence-electron chi connectivity index (χ3n) is 15.0. The number of likely N-dealkylation sites (N-methyl/N-ethyl adjacent to an activating group) is 1. The first-order chi connectivity index (χ1) is 40.9. The fourth-order valence-electron chi connectivity index (χ4n) is 9.64. The Morgan fingerprint density at radius 3 is 1.19 bits per heavy atom. The van der Waals surface area contributed by atoms with Gasteiger partial charge in [-0.25, -0.2) is 4.57 Å². The molecular formula is C74H132N2O7P+. The molecule has 0 rings (SSSR count). The Kier molecular flexibility index (Phi) is 60.2. The number of nitrogens with zero attached hydrogens (tertiary/aromatic N) is 1. The van der Waals surface area contributed by atoms with E-state index >= 15 is 0 Å². The summed E-state index contributed by atoms with van der Waals surface area (Å²) in [4.78, 5) is 37.8. The lowest BCUT2D eigenvalue weighted by atomic mass is 10.0. The van der Waals surface area contributed by atoms with Gasteiger partial charge in [-0.15, -0.1) is 0 Å². The number of amides is 1. The van der Waals surface area contributed by atoms with Gasteiger partial charge in [0, 0.05) is 12.8 Å². The molecule has 0 heterocycles. The Morgan fingerprint density at radius 2 is 0.774 bits per heavy atom. The van der Waals surface area contributed by atoms with Gasteiger partial charge in [-0.3, -0.25) is 18.6 Å². The number of ether oxygens (including phenoxy) is 1. The van der Waals surface area contributed by atoms with E-state index in [1.807, 2.05) is 39.4 Å². The largest absolute Gasteiger partial charge is 0.472 e. The fourth-order valence-corrected chi connectivity index (χ4v) is 10.4. The van der Waals surface area contributed by atoms with Crippen LogP contribution < -0.4 is 5.32 Å². The summed E-state index contributed by atoms with van der Waals surface area (Å²) in [6.45, 7) is 6.84. The summed E-state index contributed by atoms with van der Waals surface area (Å²) in [7, 11) is 1.45. The number of rotatable bonds is 62. The molecule has 0 saturated carbocycles. The van der Waals surface area contributed by atoms with Gasteiger partial charge < -0.3 is 19.4 Å². The average molecular weight is 1190 g/mol. The number of phosphoric acid groups is 1. The summed E-state index contributed by atoms with van der Waals surface area (Å²) < 4.78 is 30.7. The van der Waals surface area contributed by atoms with Gasteiger partial charge in [0.15, 0.2) is 0 Å². The molecule has 0 aromatic rings. The number of carbonyl (C=O) groups is 2. The number of unbranched alkanes of at least 4 members (excludes halogenated alkanes) is 30. The summed E-state index contributed by atoms with van der Waals surface area (Å²) >= 11 is 0. The van der Waals surface area contributed by atoms with Gasteiger partial charge in [-0.2, -0.15) is 0 Å². The highest BCUT2D eigenvalue weighted by molar-refractivity contribution is 7.47. The first-order valence-corrected chi connectivity index (χ1v) is 36.2. The second kappa shape index (κ2) is 62.7. The zero-order chi connectivity index (χ0) is 61.4. The van der Waals surface area contributed by atoms with E-state index in [0.717, 1.165) is 83.5 Å². The van der Waals surface area contributed by atoms with Gasteiger partial charge in [0.1, 0.15) is 19.3 Å². The molecule has 2 N–H and O–H groups in total. The number of hydrogen-bond donors (Lipinski definition) is 2. The van der Waals surface area contributed by atoms with Crippen LogP contribution >= 0.6 is 7.82 Å². The maximum Gasteiger partial charge on any atom is 0.472 e. The molecule has 10 heteroatoms. The van der Waals surface area contributed by atoms with Crippen LogP contribution in [0.4, 0.5) is 0 Å². The van der Waals surface area contributed by atoms with Crippen LogP contribution in [0.25, 0.3) is 0 Å². The van der Waals surface area contributed by atoms with E-state index in [1.165, 1.54) is 173 Å². The lowest BCUT2D eigenvalue weighted by Crippen LogP contribution is -2.47. The van der Waals surface area contributed by atoms with Crippen LogP contribution in [0, 0.1) is 0 Å². The molecule has 9 nitrogen and oxygen atoms in total. The normalized spacial score (nSPS) is 14.2. The molecule has 0 aliphatic heterocycles. The molecule has 1 amide bonds. The van der Waals surface area contributed by atoms with Gasteiger partial charge >= 0.3 is 13.8 Å². The number of phosphoric ester groups is 1. The maximum atomic E-state index is 13.6. The summed E-state index contributed by atoms with van der Waals surface area (Å²) in [6.07, 6.45) is 86.9. The highest BCUT2D eigenvalue weighted by Gasteiger charge is 2.30. The van der Waals surface area contributed by atoms with Crippen molar-refractivity contribution in [1.82, 2.24) is 5.32 Å². The fraction of sp³-hybridized carbons (Fsp3) is 0.730. The van der Waals surface area contributed by atoms with Crippen LogP contribution in [0.2, 0.25) is 0 Å². The van der Waals surface area contributed by atoms with Gasteiger partial charge in [-0.1, -0.05) is 291 Å². The van der Waals surface area contributed by atoms with Crippen molar-refractivity contribution >= 4 is 19.7 Å². The van der Waals surface area contributed by atoms with E-state index in [-0.39, 0.29) is 25.5 Å². The molecule has 0 aromatic heterocycles. The van der Waals surface area contributed by atoms with Crippen LogP contribution in [0.3, 0.4) is 0 Å². The summed E-state index contributed by atoms with van der Waals surface area (Å²) in [6, 6.07) is -0.885. The zero-order valence-electron chi connectivity index (χ0n) is 55.4. The van der Waals surface area contributed by atoms with E-state index in [2.05, 4.69) is 117 Å². The molecule has 0 fully saturated rings. The summed E-state index contributed by atoms with van der Waals surface area (Å²) in [5, 5.41) is 3.05. The Morgan fingerprint density at radius 1 is 0.429 bits per heavy atom. The zero-order valence-corrected chi connectivity index (χ0v) is 56.3. The van der Waals surface area contributed by atoms with Gasteiger partial charge in [0.2, 0.25) is 5.91 Å². The lowest BCUT2D eigenvalue weighted by molar-refractivity contribution is -0.870. The Balaban J connectivity index is 5.13. The van der Waals surface area contributed by atoms with E-state index in [1.54, 1.807) is 0 Å². The first kappa shape index (κ1) is 80.7. The van der Waals surface area contributed by atoms with E-state index in [4.69, 9.17) is 13.8 Å². The van der Waals surface area contributed by atoms with Crippen LogP contribution in [0.5, 0.6) is 0 Å². The number of hydrogen-bond acceptors (Lipinski definition) is 6. The van der Waals surface area contributed by atoms with Gasteiger partial charge in [0.25, 0.3) is 0 Å². The van der Waals surface area contributed by atoms with Crippen LogP contribution in [-0.2, 0) is 27.9 Å². The smallest absolute Gasteiger partial charge is 0.456 e. The monoisotopic (exact) mass is 1190 g/mol. The van der Waals surface area contributed by atoms with Crippen molar-refractivity contribution in [1.29, 1.82) is 0 Å². The molecule has 0 bridgehead atoms. The second-order valence-electron chi connectivity index (χ2n) is 24.3. The molecule has 0 saturated heterocycles. The predicted octanol–water partition coefficient (Wildman–Crippen LogP) is 22.1. The van der Waals surface area contributed by atoms with Crippen molar-refractivity contribution in [2.75, 3.05) is 40.9 Å². The molecule has 0 radical (unpaired) electrons. The minimum absolute atomic E-state index is 0.0252. The van der Waals surface area contributed by atoms with Crippen LogP contribution in [0.1, 0.15) is 297 Å². The van der Waals surface area contributed by atoms with Crippen molar-refractivity contribution in [3.8, 4) is 0 Å². The third kappa shape index (κ3) is 63.2. The maximum absolute atomic E-state index is 13.6. The predicted molar refractivity (Wildman–Crippen MR) is 364 cm³/mol. The topological polar surface area (TPSA) is 111 Å². The number of nitrogens with one attached hydrogen (secondary N) is 1. The number of quaternary nitrogens is 1. The molecule has 0 spiro atoms. The minimum Gasteiger partial charge on any atom is -0.456 e. The van der Waals surface area contributed by atoms with E-state index in [0.29, 0.717) is 23.9 Å². The second-order valence-corrected chi connectivity index (χ2v) is 25.8. The molecule has 0 aromatic carbocycles. The Bertz CT molecular complexity index is 1810. The average Bonchev–Trinajstić information content (AvgIpc) is 3.65. The number of carbonyl (C=O) groups excluding carboxylic acids is 2. The Labute approximate surface area is 519 Å². The van der Waals surface area contributed by atoms with E-state index in [9.17, 15) is 19.0 Å². The summed E-state index contributed by atoms with van der Waals surface area (Å²) in [5.74, 6) is -0.601. The van der Waals surface area contributed by atoms with Crippen LogP contribution in [-0.4, -0.2) is 74.3 Å². The quantitative estimate of drug-likeness (QED) is 0.0205. The van der Waals surface area contributed by atoms with E-state index < -0.39 is 25.9 Å². The van der Waals surface area contributed by atoms with Gasteiger partial charge in [0.05, 0.1) is 33.8 Å². The molecule has 3 atom stereocenters. The van der Waals surface area contributed by atoms with Crippen molar-refractivity contribution in [3.05, 3.63) is 109 Å². The number of esters is 1. The molecule has 0 aliphatic rings. The minimum atomic E-state index is -4.47. The van der Waals surface area contributed by atoms with Gasteiger partial charge in [-0.05, 0) is 102 Å². The van der Waals surface area contributed by atoms with Crippen molar-refractivity contribution in [3.63, 3.8) is 0 Å². The standard InChI is InChI=1S/C74H131N2O7P/c1-7-10-13-16-19-22-25-28-30-32-34-35-36-37-38-39-40-41-43-44-46-48-51-54-57-60-63-66-73(77)75-71(70-82-84(79,80)81-69-68-76(4,5)6)72(65-62-59-56-53-50-27-24-21-18-15-12-9-3)83-74(78)67-64-61-58-55-52-49-47-45-42-33-31-29-26-23-20-17-14-11-8-2/h11,14,19-20,22-23,28-31,42,45,49,52,58,61-62,65,71-72H,7-10,12-13,15-18,21,24-27,32-41,43-44,46-48,50-51,53-57,59-60,63-64,66-70H2,1-6H3,(H-,75,77,79,80)/p+1/b14-11-,22-19-,23-20-,30-28-,31-29-,45-42-,52-49-,61-58-,65-62-. The highest BCUT2D eigenvalue weighted by Crippen LogP contribution is 2.43. The lowest BCUT2D eigenvalue weighted by Gasteiger charge is -2.27. The SMILES string of the molecule is CC/C=C\C/C=C\C/C=C\C/C=C\C/C=C\C/C=C\CCC(=O)OC(/C=C\CCCCCCCCCCCC)C(COP(=O)(O)OCC[N+](C)(C)C)NC(=O)CCCCCCCCCCCCCCCCCCC/C=C\C/C=C\CCCCC. The highest BCUT2D eigenvalue weighted by atomic mass is 31.2. The molecule has 484 valence electrons. The van der Waals surface area contributed by atoms with Crippen molar-refractivity contribution in [2.24, 2.45) is 0 Å². The third-order valence-corrected chi connectivity index (χ3v) is 15.9. The van der Waals surface area contributed by atoms with Crippen molar-refractivity contribution < 1.29 is 37.3 Å². The van der Waals surface area contributed by atoms with Crippen LogP contribution in [0.15, 0.2) is 109 Å².